The quantitative estimate of drug-likeness (QED) is 0.261. The Bertz CT molecular complexity index is 185. The summed E-state index contributed by atoms with van der Waals surface area (Å²) in [4.78, 5) is 10.1. The molecule has 0 aliphatic rings. The molecule has 4 atom stereocenters. The van der Waals surface area contributed by atoms with E-state index in [4.69, 9.17) is 35.7 Å². The van der Waals surface area contributed by atoms with Crippen molar-refractivity contribution in [3.63, 3.8) is 0 Å². The van der Waals surface area contributed by atoms with Crippen LogP contribution < -0.4 is 0 Å². The minimum Gasteiger partial charge on any atom is -0.479 e. The second-order valence-electron chi connectivity index (χ2n) is 2.83. The van der Waals surface area contributed by atoms with E-state index in [2.05, 4.69) is 0 Å². The van der Waals surface area contributed by atoms with Crippen molar-refractivity contribution >= 4 is 5.97 Å². The molecule has 0 aromatic heterocycles. The molecule has 8 nitrogen and oxygen atoms in total. The van der Waals surface area contributed by atoms with Gasteiger partial charge in [-0.25, -0.2) is 4.79 Å². The first-order chi connectivity index (χ1) is 7.33. The maximum Gasteiger partial charge on any atom is 0.335 e. The van der Waals surface area contributed by atoms with Gasteiger partial charge in [0, 0.05) is 6.61 Å². The molecule has 0 heterocycles. The largest absolute Gasteiger partial charge is 0.479 e. The van der Waals surface area contributed by atoms with Gasteiger partial charge in [-0.05, 0) is 6.92 Å². The number of aliphatic hydroxyl groups is 6. The molecule has 0 amide bonds. The van der Waals surface area contributed by atoms with Gasteiger partial charge in [-0.3, -0.25) is 0 Å². The molecule has 0 bridgehead atoms. The van der Waals surface area contributed by atoms with Crippen LogP contribution in [0.4, 0.5) is 0 Å². The number of rotatable bonds is 5. The summed E-state index contributed by atoms with van der Waals surface area (Å²) in [6.07, 6.45) is -7.84. The molecule has 16 heavy (non-hydrogen) atoms. The van der Waals surface area contributed by atoms with Gasteiger partial charge >= 0.3 is 5.97 Å². The number of carboxylic acid groups (broad SMARTS) is 1. The van der Waals surface area contributed by atoms with E-state index in [-0.39, 0.29) is 6.61 Å². The maximum atomic E-state index is 10.1. The van der Waals surface area contributed by atoms with Crippen LogP contribution >= 0.6 is 0 Å². The molecule has 0 saturated carbocycles. The summed E-state index contributed by atoms with van der Waals surface area (Å²) >= 11 is 0. The molecule has 7 N–H and O–H groups in total. The van der Waals surface area contributed by atoms with E-state index in [0.717, 1.165) is 0 Å². The average Bonchev–Trinajstić information content (AvgIpc) is 2.25. The molecule has 0 unspecified atom stereocenters. The minimum absolute atomic E-state index is 0.250. The van der Waals surface area contributed by atoms with Gasteiger partial charge in [0.25, 0.3) is 0 Å². The molecule has 0 saturated heterocycles. The smallest absolute Gasteiger partial charge is 0.335 e. The van der Waals surface area contributed by atoms with E-state index < -0.39 is 37.0 Å². The molecule has 0 spiro atoms. The van der Waals surface area contributed by atoms with Crippen LogP contribution in [0.5, 0.6) is 0 Å². The molecule has 0 aromatic carbocycles. The van der Waals surface area contributed by atoms with Crippen molar-refractivity contribution in [1.82, 2.24) is 0 Å². The average molecular weight is 242 g/mol. The van der Waals surface area contributed by atoms with Crippen molar-refractivity contribution in [3.8, 4) is 0 Å². The van der Waals surface area contributed by atoms with E-state index in [1.54, 1.807) is 6.92 Å². The fourth-order valence-corrected chi connectivity index (χ4v) is 0.668. The Hall–Kier alpha value is -0.770. The van der Waals surface area contributed by atoms with Crippen molar-refractivity contribution in [3.05, 3.63) is 0 Å². The lowest BCUT2D eigenvalue weighted by molar-refractivity contribution is -0.164. The van der Waals surface area contributed by atoms with Crippen LogP contribution in [0, 0.1) is 0 Å². The van der Waals surface area contributed by atoms with Crippen molar-refractivity contribution in [2.24, 2.45) is 0 Å². The van der Waals surface area contributed by atoms with Crippen LogP contribution in [0.25, 0.3) is 0 Å². The first-order valence-electron chi connectivity index (χ1n) is 4.50. The Balaban J connectivity index is 0. The second kappa shape index (κ2) is 9.46. The van der Waals surface area contributed by atoms with E-state index in [0.29, 0.717) is 0 Å². The highest BCUT2D eigenvalue weighted by Crippen LogP contribution is 2.04. The molecule has 98 valence electrons. The van der Waals surface area contributed by atoms with Gasteiger partial charge in [0.15, 0.2) is 6.10 Å². The van der Waals surface area contributed by atoms with E-state index in [9.17, 15) is 4.79 Å². The fourth-order valence-electron chi connectivity index (χ4n) is 0.668. The summed E-state index contributed by atoms with van der Waals surface area (Å²) in [6.45, 7) is 1.09. The zero-order chi connectivity index (χ0) is 13.3. The second-order valence-corrected chi connectivity index (χ2v) is 2.83. The normalized spacial score (nSPS) is 17.7. The summed E-state index contributed by atoms with van der Waals surface area (Å²) in [6, 6.07) is 0. The first-order valence-corrected chi connectivity index (χ1v) is 4.50. The van der Waals surface area contributed by atoms with Crippen molar-refractivity contribution in [1.29, 1.82) is 0 Å². The van der Waals surface area contributed by atoms with Crippen LogP contribution in [-0.4, -0.2) is 79.3 Å². The summed E-state index contributed by atoms with van der Waals surface area (Å²) in [5.41, 5.74) is 0. The Morgan fingerprint density at radius 2 is 1.44 bits per heavy atom. The van der Waals surface area contributed by atoms with Gasteiger partial charge in [0.2, 0.25) is 0 Å². The van der Waals surface area contributed by atoms with Gasteiger partial charge in [0.1, 0.15) is 18.3 Å². The number of carbonyl (C=O) groups is 1. The highest BCUT2D eigenvalue weighted by Gasteiger charge is 2.33. The van der Waals surface area contributed by atoms with Gasteiger partial charge in [-0.1, -0.05) is 0 Å². The molecule has 0 aliphatic carbocycles. The lowest BCUT2D eigenvalue weighted by Crippen LogP contribution is -2.48. The maximum absolute atomic E-state index is 10.1. The molecule has 8 heteroatoms. The summed E-state index contributed by atoms with van der Waals surface area (Å²) in [5, 5.41) is 59.4. The lowest BCUT2D eigenvalue weighted by Gasteiger charge is -2.23. The van der Waals surface area contributed by atoms with E-state index >= 15 is 0 Å². The van der Waals surface area contributed by atoms with Gasteiger partial charge in [-0.15, -0.1) is 0 Å². The summed E-state index contributed by atoms with van der Waals surface area (Å²) in [7, 11) is 0. The third-order valence-electron chi connectivity index (χ3n) is 1.51. The minimum atomic E-state index is -2.20. The number of carboxylic acids is 1. The Morgan fingerprint density at radius 1 is 1.06 bits per heavy atom. The SMILES string of the molecule is CCO.O=C(O)[C@H](O)[C@@H](O)[C@H](O)[C@H](O)CO. The zero-order valence-corrected chi connectivity index (χ0v) is 8.76. The molecule has 0 fully saturated rings. The van der Waals surface area contributed by atoms with E-state index in [1.807, 2.05) is 0 Å². The fraction of sp³-hybridized carbons (Fsp3) is 0.875. The van der Waals surface area contributed by atoms with Crippen LogP contribution in [0.3, 0.4) is 0 Å². The molecule has 0 aliphatic heterocycles. The molecule has 0 radical (unpaired) electrons. The Labute approximate surface area is 92.0 Å². The first kappa shape index (κ1) is 17.6. The monoisotopic (exact) mass is 242 g/mol. The number of aliphatic carboxylic acids is 1. The van der Waals surface area contributed by atoms with E-state index in [1.165, 1.54) is 0 Å². The number of aliphatic hydroxyl groups excluding tert-OH is 6. The summed E-state index contributed by atoms with van der Waals surface area (Å²) in [5.74, 6) is -1.73. The topological polar surface area (TPSA) is 159 Å². The van der Waals surface area contributed by atoms with Crippen LogP contribution in [0.1, 0.15) is 6.92 Å². The highest BCUT2D eigenvalue weighted by molar-refractivity contribution is 5.72. The molecular formula is C8H18O8. The lowest BCUT2D eigenvalue weighted by atomic mass is 10.0. The predicted molar refractivity (Wildman–Crippen MR) is 51.5 cm³/mol. The summed E-state index contributed by atoms with van der Waals surface area (Å²) < 4.78 is 0. The molecule has 0 aromatic rings. The molecule has 0 rings (SSSR count). The number of hydrogen-bond donors (Lipinski definition) is 7. The van der Waals surface area contributed by atoms with Gasteiger partial charge < -0.3 is 35.7 Å². The Kier molecular flexibility index (Phi) is 10.4. The third kappa shape index (κ3) is 6.67. The zero-order valence-electron chi connectivity index (χ0n) is 8.76. The van der Waals surface area contributed by atoms with Crippen molar-refractivity contribution in [2.45, 2.75) is 31.3 Å². The highest BCUT2D eigenvalue weighted by atomic mass is 16.4. The number of hydrogen-bond acceptors (Lipinski definition) is 7. The Morgan fingerprint density at radius 3 is 1.69 bits per heavy atom. The van der Waals surface area contributed by atoms with Crippen molar-refractivity contribution < 1.29 is 40.5 Å². The van der Waals surface area contributed by atoms with Crippen LogP contribution in [0.2, 0.25) is 0 Å². The van der Waals surface area contributed by atoms with Crippen molar-refractivity contribution in [2.75, 3.05) is 13.2 Å². The van der Waals surface area contributed by atoms with Crippen LogP contribution in [0.15, 0.2) is 0 Å². The molecular weight excluding hydrogens is 224 g/mol. The predicted octanol–water partition coefficient (Wildman–Crippen LogP) is -3.49. The standard InChI is InChI=1S/C6H12O7.C2H6O/c7-1-2(8)3(9)4(10)5(11)6(12)13;1-2-3/h2-5,7-11H,1H2,(H,12,13);3H,2H2,1H3/t2-,3-,4+,5-;/m1./s1. The van der Waals surface area contributed by atoms with Gasteiger partial charge in [0.05, 0.1) is 6.61 Å². The van der Waals surface area contributed by atoms with Crippen LogP contribution in [-0.2, 0) is 4.79 Å². The third-order valence-corrected chi connectivity index (χ3v) is 1.51. The van der Waals surface area contributed by atoms with Gasteiger partial charge in [-0.2, -0.15) is 0 Å².